The molecule has 0 aromatic carbocycles. The van der Waals surface area contributed by atoms with E-state index in [0.717, 1.165) is 17.8 Å². The smallest absolute Gasteiger partial charge is 0.0950 e. The van der Waals surface area contributed by atoms with Crippen molar-refractivity contribution in [3.05, 3.63) is 26.1 Å². The summed E-state index contributed by atoms with van der Waals surface area (Å²) in [5.41, 5.74) is 2.25. The second kappa shape index (κ2) is 6.07. The first-order chi connectivity index (χ1) is 9.02. The van der Waals surface area contributed by atoms with E-state index in [4.69, 9.17) is 0 Å². The van der Waals surface area contributed by atoms with E-state index in [1.54, 1.807) is 11.3 Å². The van der Waals surface area contributed by atoms with Crippen LogP contribution in [-0.2, 0) is 6.42 Å². The van der Waals surface area contributed by atoms with Crippen molar-refractivity contribution in [3.63, 3.8) is 0 Å². The third kappa shape index (κ3) is 3.19. The minimum atomic E-state index is 0.252. The maximum absolute atomic E-state index is 4.62. The van der Waals surface area contributed by atoms with Crippen LogP contribution in [0.2, 0.25) is 0 Å². The number of nitrogens with one attached hydrogen (secondary N) is 1. The molecule has 0 fully saturated rings. The maximum atomic E-state index is 4.62. The van der Waals surface area contributed by atoms with Crippen LogP contribution in [0.3, 0.4) is 0 Å². The van der Waals surface area contributed by atoms with Crippen LogP contribution in [0.1, 0.15) is 52.0 Å². The molecule has 104 valence electrons. The summed E-state index contributed by atoms with van der Waals surface area (Å²) in [6.45, 7) is 8.51. The lowest BCUT2D eigenvalue weighted by molar-refractivity contribution is 0.587. The summed E-state index contributed by atoms with van der Waals surface area (Å²) < 4.78 is 4.11. The van der Waals surface area contributed by atoms with E-state index >= 15 is 0 Å². The zero-order valence-electron chi connectivity index (χ0n) is 12.0. The van der Waals surface area contributed by atoms with Crippen molar-refractivity contribution in [2.24, 2.45) is 0 Å². The van der Waals surface area contributed by atoms with E-state index in [1.165, 1.54) is 26.3 Å². The largest absolute Gasteiger partial charge is 0.312 e. The number of thiazole rings is 1. The van der Waals surface area contributed by atoms with Crippen LogP contribution in [0.25, 0.3) is 0 Å². The molecule has 0 radical (unpaired) electrons. The fourth-order valence-corrected chi connectivity index (χ4v) is 3.87. The van der Waals surface area contributed by atoms with E-state index in [-0.39, 0.29) is 6.04 Å². The summed E-state index contributed by atoms with van der Waals surface area (Å²) in [5.74, 6) is 0.407. The van der Waals surface area contributed by atoms with Crippen LogP contribution in [0.15, 0.2) is 0 Å². The fourth-order valence-electron chi connectivity index (χ4n) is 1.97. The average Bonchev–Trinajstić information content (AvgIpc) is 2.94. The molecule has 4 nitrogen and oxygen atoms in total. The van der Waals surface area contributed by atoms with E-state index in [1.807, 2.05) is 7.05 Å². The van der Waals surface area contributed by atoms with Crippen molar-refractivity contribution in [1.29, 1.82) is 0 Å². The number of rotatable bonds is 5. The summed E-state index contributed by atoms with van der Waals surface area (Å²) in [4.78, 5) is 7.17. The van der Waals surface area contributed by atoms with E-state index in [9.17, 15) is 0 Å². The summed E-state index contributed by atoms with van der Waals surface area (Å²) in [7, 11) is 1.99. The molecule has 0 aliphatic carbocycles. The molecule has 1 atom stereocenters. The van der Waals surface area contributed by atoms with Gasteiger partial charge < -0.3 is 5.32 Å². The second-order valence-corrected chi connectivity index (χ2v) is 7.05. The first-order valence-electron chi connectivity index (χ1n) is 6.45. The number of nitrogens with zero attached hydrogens (tertiary/aromatic N) is 3. The molecule has 1 unspecified atom stereocenters. The van der Waals surface area contributed by atoms with Crippen molar-refractivity contribution < 1.29 is 0 Å². The molecule has 6 heteroatoms. The van der Waals surface area contributed by atoms with Gasteiger partial charge in [-0.05, 0) is 38.3 Å². The van der Waals surface area contributed by atoms with Gasteiger partial charge in [-0.25, -0.2) is 4.98 Å². The van der Waals surface area contributed by atoms with Crippen LogP contribution in [-0.4, -0.2) is 21.6 Å². The van der Waals surface area contributed by atoms with Crippen molar-refractivity contribution in [2.75, 3.05) is 7.05 Å². The monoisotopic (exact) mass is 296 g/mol. The lowest BCUT2D eigenvalue weighted by Gasteiger charge is -2.15. The highest BCUT2D eigenvalue weighted by Crippen LogP contribution is 2.29. The molecular formula is C13H20N4S2. The van der Waals surface area contributed by atoms with Gasteiger partial charge in [-0.2, -0.15) is 0 Å². The highest BCUT2D eigenvalue weighted by atomic mass is 32.1. The standard InChI is InChI=1S/C13H20N4S2/c1-7(2)12-13(19-17-16-12)10(14-5)6-11-15-8(3)9(4)18-11/h7,10,14H,6H2,1-5H3. The molecule has 0 aliphatic heterocycles. The van der Waals surface area contributed by atoms with E-state index in [2.05, 4.69) is 47.6 Å². The second-order valence-electron chi connectivity index (χ2n) is 4.97. The molecule has 0 amide bonds. The van der Waals surface area contributed by atoms with Gasteiger partial charge in [0.15, 0.2) is 0 Å². The first kappa shape index (κ1) is 14.6. The first-order valence-corrected chi connectivity index (χ1v) is 8.04. The minimum Gasteiger partial charge on any atom is -0.312 e. The molecule has 2 rings (SSSR count). The highest BCUT2D eigenvalue weighted by molar-refractivity contribution is 7.11. The molecule has 0 saturated heterocycles. The fraction of sp³-hybridized carbons (Fsp3) is 0.615. The molecule has 2 aromatic rings. The predicted octanol–water partition coefficient (Wildman–Crippen LogP) is 3.24. The van der Waals surface area contributed by atoms with Gasteiger partial charge in [-0.3, -0.25) is 0 Å². The zero-order valence-corrected chi connectivity index (χ0v) is 13.7. The molecule has 0 bridgehead atoms. The summed E-state index contributed by atoms with van der Waals surface area (Å²) in [6, 6.07) is 0.252. The lowest BCUT2D eigenvalue weighted by Crippen LogP contribution is -2.19. The normalized spacial score (nSPS) is 13.2. The Kier molecular flexibility index (Phi) is 4.65. The Morgan fingerprint density at radius 2 is 2.00 bits per heavy atom. The van der Waals surface area contributed by atoms with Crippen LogP contribution >= 0.6 is 22.9 Å². The molecule has 0 spiro atoms. The quantitative estimate of drug-likeness (QED) is 0.920. The van der Waals surface area contributed by atoms with Gasteiger partial charge in [0.25, 0.3) is 0 Å². The Labute approximate surface area is 122 Å². The third-order valence-electron chi connectivity index (χ3n) is 3.20. The van der Waals surface area contributed by atoms with E-state index in [0.29, 0.717) is 5.92 Å². The highest BCUT2D eigenvalue weighted by Gasteiger charge is 2.21. The Hall–Kier alpha value is -0.850. The Morgan fingerprint density at radius 1 is 1.26 bits per heavy atom. The van der Waals surface area contributed by atoms with Gasteiger partial charge in [0.1, 0.15) is 0 Å². The predicted molar refractivity (Wildman–Crippen MR) is 81.1 cm³/mol. The Morgan fingerprint density at radius 3 is 2.53 bits per heavy atom. The number of aryl methyl sites for hydroxylation is 2. The molecule has 1 N–H and O–H groups in total. The van der Waals surface area contributed by atoms with Gasteiger partial charge in [-0.1, -0.05) is 18.3 Å². The zero-order chi connectivity index (χ0) is 14.0. The number of likely N-dealkylation sites (N-methyl/N-ethyl adjacent to an activating group) is 1. The topological polar surface area (TPSA) is 50.7 Å². The van der Waals surface area contributed by atoms with Crippen LogP contribution in [0.4, 0.5) is 0 Å². The average molecular weight is 296 g/mol. The van der Waals surface area contributed by atoms with Gasteiger partial charge in [-0.15, -0.1) is 16.4 Å². The molecular weight excluding hydrogens is 276 g/mol. The lowest BCUT2D eigenvalue weighted by atomic mass is 10.0. The van der Waals surface area contributed by atoms with Gasteiger partial charge >= 0.3 is 0 Å². The van der Waals surface area contributed by atoms with Gasteiger partial charge in [0, 0.05) is 11.3 Å². The Bertz CT molecular complexity index is 525. The third-order valence-corrected chi connectivity index (χ3v) is 5.15. The van der Waals surface area contributed by atoms with Crippen molar-refractivity contribution in [3.8, 4) is 0 Å². The summed E-state index contributed by atoms with van der Waals surface area (Å²) in [6.07, 6.45) is 0.902. The number of hydrogen-bond acceptors (Lipinski definition) is 6. The minimum absolute atomic E-state index is 0.252. The number of aromatic nitrogens is 3. The van der Waals surface area contributed by atoms with Crippen LogP contribution in [0.5, 0.6) is 0 Å². The maximum Gasteiger partial charge on any atom is 0.0950 e. The summed E-state index contributed by atoms with van der Waals surface area (Å²) >= 11 is 3.28. The SMILES string of the molecule is CNC(Cc1nc(C)c(C)s1)c1snnc1C(C)C. The van der Waals surface area contributed by atoms with Crippen molar-refractivity contribution in [2.45, 2.75) is 46.1 Å². The summed E-state index contributed by atoms with van der Waals surface area (Å²) in [5, 5.41) is 8.81. The number of hydrogen-bond donors (Lipinski definition) is 1. The molecule has 2 aromatic heterocycles. The van der Waals surface area contributed by atoms with Gasteiger partial charge in [0.2, 0.25) is 0 Å². The van der Waals surface area contributed by atoms with Crippen LogP contribution in [0, 0.1) is 13.8 Å². The van der Waals surface area contributed by atoms with Crippen molar-refractivity contribution in [1.82, 2.24) is 19.9 Å². The molecule has 0 saturated carbocycles. The van der Waals surface area contributed by atoms with Gasteiger partial charge in [0.05, 0.1) is 27.3 Å². The molecule has 0 aliphatic rings. The molecule has 2 heterocycles. The molecule has 19 heavy (non-hydrogen) atoms. The van der Waals surface area contributed by atoms with E-state index < -0.39 is 0 Å². The van der Waals surface area contributed by atoms with Crippen LogP contribution < -0.4 is 5.32 Å². The Balaban J connectivity index is 2.22. The van der Waals surface area contributed by atoms with Crippen molar-refractivity contribution >= 4 is 22.9 Å².